The summed E-state index contributed by atoms with van der Waals surface area (Å²) in [6.07, 6.45) is 8.82. The molecule has 1 atom stereocenters. The Balaban J connectivity index is 1.56. The number of sulfone groups is 1. The smallest absolute Gasteiger partial charge is 0.249 e. The Bertz CT molecular complexity index is 1620. The molecule has 8 nitrogen and oxygen atoms in total. The summed E-state index contributed by atoms with van der Waals surface area (Å²) >= 11 is 0. The lowest BCUT2D eigenvalue weighted by molar-refractivity contribution is 0.592. The van der Waals surface area contributed by atoms with Crippen molar-refractivity contribution in [3.63, 3.8) is 0 Å². The van der Waals surface area contributed by atoms with Crippen LogP contribution in [0.2, 0.25) is 0 Å². The fraction of sp³-hybridized carbons (Fsp3) is 0.240. The van der Waals surface area contributed by atoms with Crippen LogP contribution in [0.3, 0.4) is 0 Å². The van der Waals surface area contributed by atoms with E-state index in [9.17, 15) is 17.6 Å². The van der Waals surface area contributed by atoms with E-state index in [1.54, 1.807) is 35.4 Å². The Morgan fingerprint density at radius 2 is 1.91 bits per heavy atom. The molecule has 0 spiro atoms. The van der Waals surface area contributed by atoms with E-state index in [1.807, 2.05) is 6.92 Å². The van der Waals surface area contributed by atoms with Crippen LogP contribution < -0.4 is 10.9 Å². The van der Waals surface area contributed by atoms with Gasteiger partial charge >= 0.3 is 0 Å². The number of H-pyrrole nitrogens is 1. The number of aromatic amines is 1. The first-order chi connectivity index (χ1) is 16.7. The standard InChI is InChI=1S/C25H24FN5O3S/c1-3-21(16-10-23(32)30-24(11-16)35(2,33)34)29-25(15-4-5-15)20-12-27-14-22-19(20)13-28-31(22)18-8-6-17(26)7-9-18/h6-14,21,29H,3-5H2,1-2H3,(H,30,32)/t21-/m0/s1. The molecule has 1 fully saturated rings. The second kappa shape index (κ2) is 8.77. The second-order valence-corrected chi connectivity index (χ2v) is 10.6. The van der Waals surface area contributed by atoms with Crippen LogP contribution in [0.25, 0.3) is 22.3 Å². The quantitative estimate of drug-likeness (QED) is 0.404. The molecule has 3 heterocycles. The molecule has 10 heteroatoms. The molecule has 0 unspecified atom stereocenters. The molecule has 1 saturated carbocycles. The molecular formula is C25H24FN5O3S. The van der Waals surface area contributed by atoms with Gasteiger partial charge in [-0.1, -0.05) is 6.92 Å². The molecule has 3 aromatic heterocycles. The number of allylic oxidation sites excluding steroid dienone is 1. The van der Waals surface area contributed by atoms with E-state index >= 15 is 0 Å². The number of halogens is 1. The van der Waals surface area contributed by atoms with Gasteiger partial charge in [0, 0.05) is 35.2 Å². The van der Waals surface area contributed by atoms with Crippen LogP contribution in [0.4, 0.5) is 4.39 Å². The van der Waals surface area contributed by atoms with Crippen molar-refractivity contribution in [3.05, 3.63) is 87.9 Å². The van der Waals surface area contributed by atoms with Crippen LogP contribution >= 0.6 is 0 Å². The van der Waals surface area contributed by atoms with Crippen LogP contribution in [0.5, 0.6) is 0 Å². The molecule has 0 saturated heterocycles. The van der Waals surface area contributed by atoms with E-state index in [0.29, 0.717) is 12.0 Å². The molecule has 35 heavy (non-hydrogen) atoms. The Labute approximate surface area is 201 Å². The lowest BCUT2D eigenvalue weighted by Gasteiger charge is -2.22. The highest BCUT2D eigenvalue weighted by molar-refractivity contribution is 7.90. The number of nitrogens with one attached hydrogen (secondary N) is 2. The molecule has 4 aromatic rings. The van der Waals surface area contributed by atoms with Gasteiger partial charge in [-0.25, -0.2) is 17.5 Å². The molecule has 1 aliphatic rings. The van der Waals surface area contributed by atoms with Gasteiger partial charge in [0.05, 0.1) is 29.6 Å². The summed E-state index contributed by atoms with van der Waals surface area (Å²) in [5.74, 6) is -0.321. The Morgan fingerprint density at radius 3 is 2.57 bits per heavy atom. The summed E-state index contributed by atoms with van der Waals surface area (Å²) in [6.45, 7) is 1.97. The fourth-order valence-electron chi connectivity index (χ4n) is 4.15. The first-order valence-electron chi connectivity index (χ1n) is 11.3. The van der Waals surface area contributed by atoms with Gasteiger partial charge in [-0.2, -0.15) is 5.10 Å². The molecular weight excluding hydrogens is 469 g/mol. The Hall–Kier alpha value is -3.79. The summed E-state index contributed by atoms with van der Waals surface area (Å²) in [6, 6.07) is 8.74. The monoisotopic (exact) mass is 493 g/mol. The molecule has 0 bridgehead atoms. The largest absolute Gasteiger partial charge is 0.378 e. The van der Waals surface area contributed by atoms with Crippen LogP contribution in [-0.4, -0.2) is 34.4 Å². The van der Waals surface area contributed by atoms with Crippen LogP contribution in [0, 0.1) is 5.82 Å². The molecule has 5 rings (SSSR count). The number of nitrogens with zero attached hydrogens (tertiary/aromatic N) is 3. The molecule has 0 aliphatic heterocycles. The van der Waals surface area contributed by atoms with Gasteiger partial charge in [-0.05, 0) is 60.7 Å². The van der Waals surface area contributed by atoms with Crippen molar-refractivity contribution in [3.8, 4) is 5.69 Å². The van der Waals surface area contributed by atoms with E-state index < -0.39 is 15.4 Å². The molecule has 0 amide bonds. The van der Waals surface area contributed by atoms with E-state index in [1.165, 1.54) is 29.8 Å². The Morgan fingerprint density at radius 1 is 1.17 bits per heavy atom. The van der Waals surface area contributed by atoms with Crippen molar-refractivity contribution in [1.29, 1.82) is 0 Å². The average Bonchev–Trinajstić information content (AvgIpc) is 3.57. The fourth-order valence-corrected chi connectivity index (χ4v) is 4.78. The summed E-state index contributed by atoms with van der Waals surface area (Å²) in [4.78, 5) is 19.1. The highest BCUT2D eigenvalue weighted by Gasteiger charge is 2.25. The predicted molar refractivity (Wildman–Crippen MR) is 131 cm³/mol. The molecule has 0 radical (unpaired) electrons. The van der Waals surface area contributed by atoms with E-state index in [-0.39, 0.29) is 16.9 Å². The van der Waals surface area contributed by atoms with Gasteiger partial charge in [0.2, 0.25) is 5.56 Å². The molecule has 2 N–H and O–H groups in total. The number of hydrogen-bond donors (Lipinski definition) is 2. The molecule has 180 valence electrons. The minimum atomic E-state index is -3.57. The molecule has 1 aromatic carbocycles. The number of aromatic nitrogens is 4. The zero-order valence-corrected chi connectivity index (χ0v) is 20.1. The third kappa shape index (κ3) is 4.61. The average molecular weight is 494 g/mol. The summed E-state index contributed by atoms with van der Waals surface area (Å²) < 4.78 is 39.2. The number of rotatable bonds is 7. The van der Waals surface area contributed by atoms with E-state index in [2.05, 4.69) is 20.4 Å². The number of hydrogen-bond acceptors (Lipinski definition) is 6. The zero-order chi connectivity index (χ0) is 24.7. The van der Waals surface area contributed by atoms with Crippen molar-refractivity contribution in [1.82, 2.24) is 25.1 Å². The van der Waals surface area contributed by atoms with Crippen molar-refractivity contribution in [2.75, 3.05) is 6.26 Å². The van der Waals surface area contributed by atoms with Gasteiger partial charge in [0.1, 0.15) is 10.8 Å². The van der Waals surface area contributed by atoms with Crippen molar-refractivity contribution in [2.24, 2.45) is 0 Å². The summed E-state index contributed by atoms with van der Waals surface area (Å²) in [7, 11) is -3.57. The highest BCUT2D eigenvalue weighted by atomic mass is 32.2. The first-order valence-corrected chi connectivity index (χ1v) is 13.1. The normalized spacial score (nSPS) is 14.2. The molecule has 1 aliphatic carbocycles. The van der Waals surface area contributed by atoms with Gasteiger partial charge in [-0.3, -0.25) is 9.78 Å². The first kappa shape index (κ1) is 23.0. The SMILES string of the molecule is CC[C@H](NC(=C1CC1)c1cncc2c1cnn2-c1ccc(F)cc1)c1cc(S(C)(=O)=O)[nH]c(=O)c1. The van der Waals surface area contributed by atoms with Crippen LogP contribution in [0.15, 0.2) is 70.4 Å². The van der Waals surface area contributed by atoms with Crippen molar-refractivity contribution >= 4 is 26.4 Å². The Kier molecular flexibility index (Phi) is 5.76. The maximum atomic E-state index is 13.4. The van der Waals surface area contributed by atoms with Gasteiger partial charge in [0.15, 0.2) is 9.84 Å². The van der Waals surface area contributed by atoms with Crippen LogP contribution in [0.1, 0.15) is 43.4 Å². The maximum absolute atomic E-state index is 13.4. The maximum Gasteiger partial charge on any atom is 0.249 e. The summed E-state index contributed by atoms with van der Waals surface area (Å²) in [5.41, 5.74) is 4.63. The van der Waals surface area contributed by atoms with Gasteiger partial charge in [-0.15, -0.1) is 0 Å². The van der Waals surface area contributed by atoms with E-state index in [0.717, 1.165) is 46.9 Å². The lowest BCUT2D eigenvalue weighted by Crippen LogP contribution is -2.23. The highest BCUT2D eigenvalue weighted by Crippen LogP contribution is 2.38. The minimum absolute atomic E-state index is 0.106. The number of pyridine rings is 2. The number of benzene rings is 1. The second-order valence-electron chi connectivity index (χ2n) is 8.65. The lowest BCUT2D eigenvalue weighted by atomic mass is 10.0. The van der Waals surface area contributed by atoms with Gasteiger partial charge in [0.25, 0.3) is 0 Å². The van der Waals surface area contributed by atoms with E-state index in [4.69, 9.17) is 0 Å². The minimum Gasteiger partial charge on any atom is -0.378 e. The predicted octanol–water partition coefficient (Wildman–Crippen LogP) is 3.90. The zero-order valence-electron chi connectivity index (χ0n) is 19.2. The third-order valence-electron chi connectivity index (χ3n) is 6.06. The van der Waals surface area contributed by atoms with Crippen LogP contribution in [-0.2, 0) is 9.84 Å². The summed E-state index contributed by atoms with van der Waals surface area (Å²) in [5, 5.41) is 8.85. The third-order valence-corrected chi connectivity index (χ3v) is 7.08. The van der Waals surface area contributed by atoms with Crippen molar-refractivity contribution < 1.29 is 12.8 Å². The number of fused-ring (bicyclic) bond motifs is 1. The van der Waals surface area contributed by atoms with Gasteiger partial charge < -0.3 is 10.3 Å². The topological polar surface area (TPSA) is 110 Å². The van der Waals surface area contributed by atoms with Crippen molar-refractivity contribution in [2.45, 2.75) is 37.3 Å².